The molecule has 4 rings (SSSR count). The molecule has 0 fully saturated rings. The quantitative estimate of drug-likeness (QED) is 0.451. The molecule has 0 radical (unpaired) electrons. The summed E-state index contributed by atoms with van der Waals surface area (Å²) in [7, 11) is 1.29. The zero-order valence-corrected chi connectivity index (χ0v) is 18.8. The highest BCUT2D eigenvalue weighted by Crippen LogP contribution is 2.44. The first-order chi connectivity index (χ1) is 16.9. The molecule has 0 saturated carbocycles. The molecular formula is C26H23FN2O6. The van der Waals surface area contributed by atoms with Gasteiger partial charge < -0.3 is 25.2 Å². The number of benzene rings is 3. The lowest BCUT2D eigenvalue weighted by Gasteiger charge is -2.17. The summed E-state index contributed by atoms with van der Waals surface area (Å²) in [5.74, 6) is -3.14. The molecule has 35 heavy (non-hydrogen) atoms. The van der Waals surface area contributed by atoms with Crippen molar-refractivity contribution >= 4 is 23.7 Å². The highest BCUT2D eigenvalue weighted by molar-refractivity contribution is 5.95. The van der Waals surface area contributed by atoms with Crippen molar-refractivity contribution in [1.29, 1.82) is 0 Å². The van der Waals surface area contributed by atoms with Gasteiger partial charge in [-0.15, -0.1) is 0 Å². The molecule has 0 aliphatic heterocycles. The lowest BCUT2D eigenvalue weighted by Crippen LogP contribution is -2.41. The Morgan fingerprint density at radius 3 is 2.20 bits per heavy atom. The largest absolute Gasteiger partial charge is 0.478 e. The number of aromatic carboxylic acids is 1. The monoisotopic (exact) mass is 478 g/mol. The van der Waals surface area contributed by atoms with Crippen molar-refractivity contribution in [1.82, 2.24) is 5.32 Å². The molecule has 1 aliphatic carbocycles. The van der Waals surface area contributed by atoms with Gasteiger partial charge in [-0.1, -0.05) is 48.5 Å². The van der Waals surface area contributed by atoms with Gasteiger partial charge in [0.25, 0.3) is 5.91 Å². The molecule has 1 aliphatic rings. The van der Waals surface area contributed by atoms with Gasteiger partial charge in [-0.3, -0.25) is 4.79 Å². The van der Waals surface area contributed by atoms with E-state index in [0.717, 1.165) is 34.4 Å². The van der Waals surface area contributed by atoms with Crippen LogP contribution in [-0.4, -0.2) is 49.4 Å². The predicted molar refractivity (Wildman–Crippen MR) is 126 cm³/mol. The zero-order chi connectivity index (χ0) is 24.9. The Morgan fingerprint density at radius 2 is 1.63 bits per heavy atom. The van der Waals surface area contributed by atoms with E-state index in [1.807, 2.05) is 48.5 Å². The van der Waals surface area contributed by atoms with Crippen LogP contribution in [0.15, 0.2) is 66.7 Å². The van der Waals surface area contributed by atoms with E-state index in [9.17, 15) is 18.8 Å². The second kappa shape index (κ2) is 10.4. The highest BCUT2D eigenvalue weighted by Gasteiger charge is 2.29. The van der Waals surface area contributed by atoms with Crippen molar-refractivity contribution < 1.29 is 33.4 Å². The number of fused-ring (bicyclic) bond motifs is 3. The van der Waals surface area contributed by atoms with Crippen molar-refractivity contribution in [3.8, 4) is 11.1 Å². The minimum Gasteiger partial charge on any atom is -0.478 e. The molecule has 0 aromatic heterocycles. The number of halogens is 1. The van der Waals surface area contributed by atoms with E-state index in [0.29, 0.717) is 0 Å². The van der Waals surface area contributed by atoms with Crippen molar-refractivity contribution in [3.63, 3.8) is 0 Å². The van der Waals surface area contributed by atoms with Crippen LogP contribution >= 0.6 is 0 Å². The third kappa shape index (κ3) is 5.15. The predicted octanol–water partition coefficient (Wildman–Crippen LogP) is 4.02. The molecule has 3 aromatic rings. The molecule has 0 saturated heterocycles. The molecule has 0 heterocycles. The Bertz CT molecular complexity index is 1230. The smallest absolute Gasteiger partial charge is 0.407 e. The van der Waals surface area contributed by atoms with E-state index in [4.69, 9.17) is 14.6 Å². The number of rotatable bonds is 8. The Labute approximate surface area is 200 Å². The number of carbonyl (C=O) groups is 3. The summed E-state index contributed by atoms with van der Waals surface area (Å²) in [4.78, 5) is 35.7. The SMILES string of the molecule is COC(CNC(=O)OCC1c2ccccc2-c2ccccc21)C(=O)Nc1ccc(C(=O)O)c(F)c1. The average Bonchev–Trinajstić information content (AvgIpc) is 3.16. The first kappa shape index (κ1) is 23.9. The van der Waals surface area contributed by atoms with Gasteiger partial charge in [0, 0.05) is 18.7 Å². The van der Waals surface area contributed by atoms with Crippen molar-refractivity contribution in [2.24, 2.45) is 0 Å². The van der Waals surface area contributed by atoms with Crippen LogP contribution in [-0.2, 0) is 14.3 Å². The van der Waals surface area contributed by atoms with Crippen LogP contribution < -0.4 is 10.6 Å². The second-order valence-electron chi connectivity index (χ2n) is 7.92. The maximum atomic E-state index is 13.8. The topological polar surface area (TPSA) is 114 Å². The van der Waals surface area contributed by atoms with Crippen molar-refractivity contribution in [2.45, 2.75) is 12.0 Å². The number of hydrogen-bond donors (Lipinski definition) is 3. The average molecular weight is 478 g/mol. The van der Waals surface area contributed by atoms with Crippen LogP contribution in [0.5, 0.6) is 0 Å². The molecule has 0 bridgehead atoms. The summed E-state index contributed by atoms with van der Waals surface area (Å²) in [6.45, 7) is -0.0619. The lowest BCUT2D eigenvalue weighted by molar-refractivity contribution is -0.125. The molecule has 1 atom stereocenters. The minimum absolute atomic E-state index is 0.0562. The third-order valence-electron chi connectivity index (χ3n) is 5.82. The number of amides is 2. The second-order valence-corrected chi connectivity index (χ2v) is 7.92. The van der Waals surface area contributed by atoms with E-state index in [1.54, 1.807) is 0 Å². The zero-order valence-electron chi connectivity index (χ0n) is 18.8. The van der Waals surface area contributed by atoms with Gasteiger partial charge in [0.05, 0.1) is 12.1 Å². The molecule has 0 spiro atoms. The van der Waals surface area contributed by atoms with Crippen LogP contribution in [0, 0.1) is 5.82 Å². The molecule has 8 nitrogen and oxygen atoms in total. The van der Waals surface area contributed by atoms with E-state index >= 15 is 0 Å². The number of hydrogen-bond acceptors (Lipinski definition) is 5. The molecule has 9 heteroatoms. The molecule has 2 amide bonds. The Kier molecular flexibility index (Phi) is 7.07. The van der Waals surface area contributed by atoms with Crippen LogP contribution in [0.2, 0.25) is 0 Å². The van der Waals surface area contributed by atoms with E-state index in [1.165, 1.54) is 13.2 Å². The molecule has 1 unspecified atom stereocenters. The summed E-state index contributed by atoms with van der Waals surface area (Å²) in [6, 6.07) is 19.1. The fourth-order valence-corrected chi connectivity index (χ4v) is 4.10. The van der Waals surface area contributed by atoms with Gasteiger partial charge >= 0.3 is 12.1 Å². The van der Waals surface area contributed by atoms with Crippen LogP contribution in [0.25, 0.3) is 11.1 Å². The van der Waals surface area contributed by atoms with Gasteiger partial charge in [-0.2, -0.15) is 0 Å². The summed E-state index contributed by atoms with van der Waals surface area (Å²) in [5.41, 5.74) is 3.93. The Morgan fingerprint density at radius 1 is 1.00 bits per heavy atom. The molecule has 180 valence electrons. The number of carboxylic acids is 1. The number of anilines is 1. The molecular weight excluding hydrogens is 455 g/mol. The minimum atomic E-state index is -1.41. The Balaban J connectivity index is 1.32. The van der Waals surface area contributed by atoms with E-state index in [-0.39, 0.29) is 24.8 Å². The summed E-state index contributed by atoms with van der Waals surface area (Å²) >= 11 is 0. The van der Waals surface area contributed by atoms with Gasteiger partial charge in [0.2, 0.25) is 0 Å². The van der Waals surface area contributed by atoms with E-state index in [2.05, 4.69) is 10.6 Å². The summed E-state index contributed by atoms with van der Waals surface area (Å²) in [5, 5.41) is 13.8. The number of carboxylic acid groups (broad SMARTS) is 1. The van der Waals surface area contributed by atoms with Gasteiger partial charge in [0.1, 0.15) is 12.4 Å². The standard InChI is InChI=1S/C26H23FN2O6/c1-34-23(24(30)29-15-10-11-20(25(31)32)22(27)12-15)13-28-26(33)35-14-21-18-8-4-2-6-16(18)17-7-3-5-9-19(17)21/h2-12,21,23H,13-14H2,1H3,(H,28,33)(H,29,30)(H,31,32). The number of carbonyl (C=O) groups excluding carboxylic acids is 2. The number of alkyl carbamates (subject to hydrolysis) is 1. The molecule has 3 aromatic carbocycles. The number of nitrogens with one attached hydrogen (secondary N) is 2. The van der Waals surface area contributed by atoms with Gasteiger partial charge in [0.15, 0.2) is 6.10 Å². The summed E-state index contributed by atoms with van der Waals surface area (Å²) < 4.78 is 24.4. The first-order valence-corrected chi connectivity index (χ1v) is 10.8. The van der Waals surface area contributed by atoms with Crippen LogP contribution in [0.4, 0.5) is 14.9 Å². The number of ether oxygens (including phenoxy) is 2. The van der Waals surface area contributed by atoms with Crippen LogP contribution in [0.3, 0.4) is 0 Å². The fourth-order valence-electron chi connectivity index (χ4n) is 4.10. The lowest BCUT2D eigenvalue weighted by atomic mass is 9.98. The van der Waals surface area contributed by atoms with Crippen molar-refractivity contribution in [3.05, 3.63) is 89.2 Å². The van der Waals surface area contributed by atoms with Crippen LogP contribution in [0.1, 0.15) is 27.4 Å². The van der Waals surface area contributed by atoms with E-state index < -0.39 is 35.5 Å². The highest BCUT2D eigenvalue weighted by atomic mass is 19.1. The maximum absolute atomic E-state index is 13.8. The first-order valence-electron chi connectivity index (χ1n) is 10.8. The normalized spacial score (nSPS) is 12.9. The van der Waals surface area contributed by atoms with Gasteiger partial charge in [-0.25, -0.2) is 14.0 Å². The maximum Gasteiger partial charge on any atom is 0.407 e. The number of methoxy groups -OCH3 is 1. The van der Waals surface area contributed by atoms with Crippen molar-refractivity contribution in [2.75, 3.05) is 25.6 Å². The van der Waals surface area contributed by atoms with Gasteiger partial charge in [-0.05, 0) is 40.5 Å². The third-order valence-corrected chi connectivity index (χ3v) is 5.82. The fraction of sp³-hybridized carbons (Fsp3) is 0.192. The Hall–Kier alpha value is -4.24. The summed E-state index contributed by atoms with van der Waals surface area (Å²) in [6.07, 6.45) is -1.80. The molecule has 3 N–H and O–H groups in total.